The maximum Gasteiger partial charge on any atom is 0.169 e. The van der Waals surface area contributed by atoms with Crippen molar-refractivity contribution in [2.75, 3.05) is 0 Å². The van der Waals surface area contributed by atoms with Crippen LogP contribution in [0.2, 0.25) is 0 Å². The molecule has 2 aromatic heterocycles. The van der Waals surface area contributed by atoms with Gasteiger partial charge in [0.05, 0.1) is 11.0 Å². The molecule has 0 amide bonds. The van der Waals surface area contributed by atoms with E-state index in [0.29, 0.717) is 0 Å². The Hall–Kier alpha value is -6.72. The van der Waals surface area contributed by atoms with E-state index < -0.39 is 6.17 Å². The van der Waals surface area contributed by atoms with E-state index >= 15 is 0 Å². The Morgan fingerprint density at radius 2 is 1.00 bits per heavy atom. The molecule has 10 rings (SSSR count). The molecule has 0 saturated heterocycles. The number of nitrogens with zero attached hydrogens (tertiary/aromatic N) is 3. The SMILES string of the molecule is c1ccc(C2=NC(c3ccc4c(c3)oc3cc(-n5c6ccccc6c6ccc(-c7ccccc7)cc65)ccc34)N=C(c3ccccc3)N2)cc1. The van der Waals surface area contributed by atoms with E-state index in [9.17, 15) is 0 Å². The van der Waals surface area contributed by atoms with Gasteiger partial charge in [0.15, 0.2) is 6.17 Å². The molecule has 0 unspecified atom stereocenters. The summed E-state index contributed by atoms with van der Waals surface area (Å²) in [5, 5.41) is 8.07. The van der Waals surface area contributed by atoms with Crippen molar-refractivity contribution in [3.8, 4) is 16.8 Å². The molecule has 0 spiro atoms. The zero-order chi connectivity index (χ0) is 33.0. The lowest BCUT2D eigenvalue weighted by Gasteiger charge is -2.22. The molecule has 0 fully saturated rings. The Labute approximate surface area is 288 Å². The van der Waals surface area contributed by atoms with Gasteiger partial charge in [0, 0.05) is 50.0 Å². The molecule has 7 aromatic carbocycles. The Morgan fingerprint density at radius 3 is 1.70 bits per heavy atom. The monoisotopic (exact) mass is 642 g/mol. The number of rotatable bonds is 5. The summed E-state index contributed by atoms with van der Waals surface area (Å²) in [7, 11) is 0. The smallest absolute Gasteiger partial charge is 0.169 e. The van der Waals surface area contributed by atoms with Crippen molar-refractivity contribution in [1.29, 1.82) is 0 Å². The molecule has 5 heteroatoms. The molecule has 0 atom stereocenters. The summed E-state index contributed by atoms with van der Waals surface area (Å²) in [5.41, 5.74) is 10.4. The van der Waals surface area contributed by atoms with Crippen LogP contribution in [0.15, 0.2) is 184 Å². The summed E-state index contributed by atoms with van der Waals surface area (Å²) in [6, 6.07) is 59.2. The fourth-order valence-corrected chi connectivity index (χ4v) is 7.23. The summed E-state index contributed by atoms with van der Waals surface area (Å²) < 4.78 is 8.99. The highest BCUT2D eigenvalue weighted by molar-refractivity contribution is 6.16. The number of nitrogens with one attached hydrogen (secondary N) is 1. The van der Waals surface area contributed by atoms with Crippen molar-refractivity contribution in [1.82, 2.24) is 9.88 Å². The molecule has 236 valence electrons. The molecule has 3 heterocycles. The van der Waals surface area contributed by atoms with Crippen LogP contribution in [0.1, 0.15) is 22.9 Å². The van der Waals surface area contributed by atoms with Crippen molar-refractivity contribution in [2.24, 2.45) is 9.98 Å². The van der Waals surface area contributed by atoms with Gasteiger partial charge < -0.3 is 14.3 Å². The van der Waals surface area contributed by atoms with Crippen molar-refractivity contribution < 1.29 is 4.42 Å². The molecule has 9 aromatic rings. The number of fused-ring (bicyclic) bond motifs is 6. The van der Waals surface area contributed by atoms with Crippen LogP contribution in [0.25, 0.3) is 60.6 Å². The lowest BCUT2D eigenvalue weighted by atomic mass is 10.0. The molecule has 1 N–H and O–H groups in total. The second-order valence-electron chi connectivity index (χ2n) is 12.7. The largest absolute Gasteiger partial charge is 0.456 e. The van der Waals surface area contributed by atoms with Gasteiger partial charge in [0.2, 0.25) is 0 Å². The molecular formula is C45H30N4O. The van der Waals surface area contributed by atoms with Gasteiger partial charge in [-0.15, -0.1) is 0 Å². The Morgan fingerprint density at radius 1 is 0.440 bits per heavy atom. The van der Waals surface area contributed by atoms with Crippen molar-refractivity contribution in [3.63, 3.8) is 0 Å². The normalized spacial score (nSPS) is 13.5. The van der Waals surface area contributed by atoms with Crippen LogP contribution in [0.5, 0.6) is 0 Å². The summed E-state index contributed by atoms with van der Waals surface area (Å²) in [5.74, 6) is 1.58. The molecule has 0 aliphatic carbocycles. The average molecular weight is 643 g/mol. The lowest BCUT2D eigenvalue weighted by Crippen LogP contribution is -2.35. The highest BCUT2D eigenvalue weighted by Crippen LogP contribution is 2.38. The second kappa shape index (κ2) is 11.5. The molecule has 0 saturated carbocycles. The average Bonchev–Trinajstić information content (AvgIpc) is 3.73. The number of aromatic nitrogens is 1. The maximum absolute atomic E-state index is 6.64. The van der Waals surface area contributed by atoms with Crippen LogP contribution in [-0.2, 0) is 0 Å². The van der Waals surface area contributed by atoms with Crippen molar-refractivity contribution >= 4 is 55.4 Å². The van der Waals surface area contributed by atoms with E-state index in [2.05, 4.69) is 143 Å². The number of aliphatic imine (C=N–C) groups is 2. The van der Waals surface area contributed by atoms with Crippen LogP contribution in [0, 0.1) is 0 Å². The van der Waals surface area contributed by atoms with Crippen molar-refractivity contribution in [2.45, 2.75) is 6.17 Å². The summed E-state index contributed by atoms with van der Waals surface area (Å²) in [6.45, 7) is 0. The first kappa shape index (κ1) is 28.3. The lowest BCUT2D eigenvalue weighted by molar-refractivity contribution is 0.665. The van der Waals surface area contributed by atoms with Crippen LogP contribution in [0.4, 0.5) is 0 Å². The minimum absolute atomic E-state index is 0.425. The fourth-order valence-electron chi connectivity index (χ4n) is 7.23. The molecular weight excluding hydrogens is 613 g/mol. The van der Waals surface area contributed by atoms with Gasteiger partial charge in [0.25, 0.3) is 0 Å². The van der Waals surface area contributed by atoms with Gasteiger partial charge in [-0.1, -0.05) is 133 Å². The number of hydrogen-bond donors (Lipinski definition) is 1. The van der Waals surface area contributed by atoms with Gasteiger partial charge in [0.1, 0.15) is 22.8 Å². The van der Waals surface area contributed by atoms with E-state index in [1.54, 1.807) is 0 Å². The third-order valence-electron chi connectivity index (χ3n) is 9.65. The molecule has 0 radical (unpaired) electrons. The number of para-hydroxylation sites is 1. The number of benzene rings is 7. The zero-order valence-corrected chi connectivity index (χ0v) is 27.0. The van der Waals surface area contributed by atoms with Crippen molar-refractivity contribution in [3.05, 3.63) is 187 Å². The number of furan rings is 1. The second-order valence-corrected chi connectivity index (χ2v) is 12.7. The first-order chi connectivity index (χ1) is 24.8. The van der Waals surface area contributed by atoms with Crippen LogP contribution in [-0.4, -0.2) is 16.2 Å². The van der Waals surface area contributed by atoms with E-state index in [0.717, 1.165) is 67.0 Å². The first-order valence-electron chi connectivity index (χ1n) is 16.9. The highest BCUT2D eigenvalue weighted by atomic mass is 16.3. The van der Waals surface area contributed by atoms with Gasteiger partial charge in [-0.2, -0.15) is 0 Å². The van der Waals surface area contributed by atoms with Gasteiger partial charge in [-0.25, -0.2) is 9.98 Å². The topological polar surface area (TPSA) is 54.8 Å². The number of hydrogen-bond acceptors (Lipinski definition) is 4. The van der Waals surface area contributed by atoms with E-state index in [1.165, 1.54) is 21.9 Å². The third kappa shape index (κ3) is 4.71. The molecule has 50 heavy (non-hydrogen) atoms. The predicted molar refractivity (Wildman–Crippen MR) is 205 cm³/mol. The Bertz CT molecular complexity index is 2720. The standard InChI is InChI=1S/C45H30N4O/c1-4-12-29(13-5-1)32-20-23-36-35-18-10-11-19-39(35)49(40(36)26-32)34-22-25-38-37-24-21-33(27-41(37)50-42(38)28-34)45-47-43(30-14-6-2-7-15-30)46-44(48-45)31-16-8-3-9-17-31/h1-28,45H,(H,46,47,48). The van der Waals surface area contributed by atoms with E-state index in [-0.39, 0.29) is 0 Å². The Balaban J connectivity index is 1.09. The molecule has 5 nitrogen and oxygen atoms in total. The molecule has 1 aliphatic rings. The van der Waals surface area contributed by atoms with E-state index in [1.807, 2.05) is 36.4 Å². The predicted octanol–water partition coefficient (Wildman–Crippen LogP) is 10.8. The molecule has 0 bridgehead atoms. The third-order valence-corrected chi connectivity index (χ3v) is 9.65. The highest BCUT2D eigenvalue weighted by Gasteiger charge is 2.22. The maximum atomic E-state index is 6.64. The van der Waals surface area contributed by atoms with E-state index in [4.69, 9.17) is 14.4 Å². The fraction of sp³-hybridized carbons (Fsp3) is 0.0222. The van der Waals surface area contributed by atoms with Gasteiger partial charge in [-0.3, -0.25) is 0 Å². The van der Waals surface area contributed by atoms with Crippen LogP contribution < -0.4 is 5.32 Å². The molecule has 1 aliphatic heterocycles. The van der Waals surface area contributed by atoms with Gasteiger partial charge in [-0.05, 0) is 41.5 Å². The summed E-state index contributed by atoms with van der Waals surface area (Å²) in [6.07, 6.45) is -0.425. The van der Waals surface area contributed by atoms with Gasteiger partial charge >= 0.3 is 0 Å². The van der Waals surface area contributed by atoms with Crippen LogP contribution in [0.3, 0.4) is 0 Å². The minimum Gasteiger partial charge on any atom is -0.456 e. The summed E-state index contributed by atoms with van der Waals surface area (Å²) in [4.78, 5) is 10.1. The number of amidine groups is 2. The Kier molecular flexibility index (Phi) is 6.49. The van der Waals surface area contributed by atoms with Crippen LogP contribution >= 0.6 is 0 Å². The quantitative estimate of drug-likeness (QED) is 0.203. The first-order valence-corrected chi connectivity index (χ1v) is 16.9. The zero-order valence-electron chi connectivity index (χ0n) is 27.0. The minimum atomic E-state index is -0.425. The summed E-state index contributed by atoms with van der Waals surface area (Å²) >= 11 is 0.